The van der Waals surface area contributed by atoms with Crippen molar-refractivity contribution in [1.29, 1.82) is 0 Å². The van der Waals surface area contributed by atoms with Crippen LogP contribution < -0.4 is 13.6 Å². The molecule has 0 amide bonds. The summed E-state index contributed by atoms with van der Waals surface area (Å²) in [6.07, 6.45) is 20.3. The zero-order chi connectivity index (χ0) is 35.6. The van der Waals surface area contributed by atoms with Gasteiger partial charge in [-0.1, -0.05) is 98.3 Å². The van der Waals surface area contributed by atoms with Gasteiger partial charge in [0.2, 0.25) is 0 Å². The van der Waals surface area contributed by atoms with Crippen molar-refractivity contribution in [1.82, 2.24) is 0 Å². The normalized spacial score (nSPS) is 11.4. The van der Waals surface area contributed by atoms with Gasteiger partial charge in [0, 0.05) is 0 Å². The molecule has 3 nitrogen and oxygen atoms in total. The van der Waals surface area contributed by atoms with Gasteiger partial charge in [0.1, 0.15) is 17.2 Å². The first-order valence-corrected chi connectivity index (χ1v) is 21.1. The van der Waals surface area contributed by atoms with Crippen molar-refractivity contribution in [2.45, 2.75) is 178 Å². The van der Waals surface area contributed by atoms with Gasteiger partial charge in [-0.05, 0) is 166 Å². The molecule has 3 aromatic rings. The molecular formula is C45H69O3P. The van der Waals surface area contributed by atoms with E-state index in [1.54, 1.807) is 0 Å². The molecule has 0 N–H and O–H groups in total. The van der Waals surface area contributed by atoms with Crippen LogP contribution in [0.2, 0.25) is 0 Å². The monoisotopic (exact) mass is 688 g/mol. The number of hydrogen-bond acceptors (Lipinski definition) is 3. The van der Waals surface area contributed by atoms with Crippen LogP contribution >= 0.6 is 8.60 Å². The Morgan fingerprint density at radius 2 is 0.571 bits per heavy atom. The number of aryl methyl sites for hydroxylation is 9. The Morgan fingerprint density at radius 1 is 0.347 bits per heavy atom. The number of unbranched alkanes of at least 4 members (excludes halogenated alkanes) is 6. The van der Waals surface area contributed by atoms with Crippen LogP contribution in [0.4, 0.5) is 0 Å². The minimum absolute atomic E-state index is 0.912. The van der Waals surface area contributed by atoms with Crippen molar-refractivity contribution >= 4 is 8.60 Å². The summed E-state index contributed by atoms with van der Waals surface area (Å²) in [6.45, 7) is 20.3. The number of rotatable bonds is 24. The summed E-state index contributed by atoms with van der Waals surface area (Å²) in [6, 6.07) is 14.0. The van der Waals surface area contributed by atoms with E-state index >= 15 is 0 Å². The van der Waals surface area contributed by atoms with E-state index in [2.05, 4.69) is 98.7 Å². The second kappa shape index (κ2) is 22.3. The van der Waals surface area contributed by atoms with Crippen molar-refractivity contribution in [3.63, 3.8) is 0 Å². The third-order valence-electron chi connectivity index (χ3n) is 9.87. The highest BCUT2D eigenvalue weighted by atomic mass is 31.2. The smallest absolute Gasteiger partial charge is 0.408 e. The lowest BCUT2D eigenvalue weighted by Crippen LogP contribution is -2.08. The van der Waals surface area contributed by atoms with Crippen LogP contribution in [-0.2, 0) is 38.5 Å². The van der Waals surface area contributed by atoms with Gasteiger partial charge in [-0.15, -0.1) is 0 Å². The highest BCUT2D eigenvalue weighted by Gasteiger charge is 2.26. The van der Waals surface area contributed by atoms with E-state index in [4.69, 9.17) is 13.6 Å². The zero-order valence-electron chi connectivity index (χ0n) is 32.9. The van der Waals surface area contributed by atoms with Gasteiger partial charge >= 0.3 is 8.60 Å². The summed E-state index contributed by atoms with van der Waals surface area (Å²) >= 11 is 0. The predicted octanol–water partition coefficient (Wildman–Crippen LogP) is 14.4. The van der Waals surface area contributed by atoms with Crippen molar-refractivity contribution in [2.24, 2.45) is 0 Å². The van der Waals surface area contributed by atoms with E-state index in [-0.39, 0.29) is 0 Å². The first-order chi connectivity index (χ1) is 23.8. The fourth-order valence-corrected chi connectivity index (χ4v) is 7.58. The van der Waals surface area contributed by atoms with Gasteiger partial charge in [-0.2, -0.15) is 0 Å². The van der Waals surface area contributed by atoms with Gasteiger partial charge < -0.3 is 13.6 Å². The average Bonchev–Trinajstić information content (AvgIpc) is 3.09. The van der Waals surface area contributed by atoms with Crippen LogP contribution in [-0.4, -0.2) is 0 Å². The maximum absolute atomic E-state index is 7.00. The van der Waals surface area contributed by atoms with Crippen LogP contribution in [0, 0.1) is 20.8 Å². The first-order valence-electron chi connectivity index (χ1n) is 20.0. The minimum atomic E-state index is -1.78. The summed E-state index contributed by atoms with van der Waals surface area (Å²) in [5.74, 6) is 2.74. The lowest BCUT2D eigenvalue weighted by atomic mass is 9.97. The topological polar surface area (TPSA) is 27.7 Å². The Bertz CT molecular complexity index is 1240. The molecule has 0 radical (unpaired) electrons. The molecule has 49 heavy (non-hydrogen) atoms. The van der Waals surface area contributed by atoms with Crippen LogP contribution in [0.5, 0.6) is 17.2 Å². The Hall–Kier alpha value is -2.51. The molecule has 0 aromatic heterocycles. The molecular weight excluding hydrogens is 619 g/mol. The Labute approximate surface area is 302 Å². The van der Waals surface area contributed by atoms with Crippen molar-refractivity contribution < 1.29 is 13.6 Å². The summed E-state index contributed by atoms with van der Waals surface area (Å²) in [5, 5.41) is 0. The fourth-order valence-electron chi connectivity index (χ4n) is 6.48. The maximum Gasteiger partial charge on any atom is 0.530 e. The second-order valence-corrected chi connectivity index (χ2v) is 15.3. The minimum Gasteiger partial charge on any atom is -0.408 e. The third kappa shape index (κ3) is 13.0. The second-order valence-electron chi connectivity index (χ2n) is 14.3. The van der Waals surface area contributed by atoms with Gasteiger partial charge in [-0.25, -0.2) is 0 Å². The molecule has 0 bridgehead atoms. The molecule has 0 spiro atoms. The first kappa shape index (κ1) is 40.9. The molecule has 0 heterocycles. The van der Waals surface area contributed by atoms with Gasteiger partial charge in [0.05, 0.1) is 0 Å². The highest BCUT2D eigenvalue weighted by molar-refractivity contribution is 7.43. The summed E-state index contributed by atoms with van der Waals surface area (Å²) in [4.78, 5) is 0. The molecule has 3 aromatic carbocycles. The molecule has 4 heteroatoms. The number of hydrogen-bond donors (Lipinski definition) is 0. The van der Waals surface area contributed by atoms with E-state index in [9.17, 15) is 0 Å². The molecule has 0 atom stereocenters. The molecule has 0 saturated heterocycles. The van der Waals surface area contributed by atoms with E-state index in [0.717, 1.165) is 94.3 Å². The molecule has 0 fully saturated rings. The largest absolute Gasteiger partial charge is 0.530 e. The molecule has 0 aliphatic heterocycles. The van der Waals surface area contributed by atoms with Crippen molar-refractivity contribution in [3.05, 3.63) is 86.5 Å². The third-order valence-corrected chi connectivity index (χ3v) is 10.9. The lowest BCUT2D eigenvalue weighted by molar-refractivity contribution is 0.382. The summed E-state index contributed by atoms with van der Waals surface area (Å²) in [5.41, 5.74) is 12.0. The Balaban J connectivity index is 2.14. The molecule has 0 unspecified atom stereocenters. The zero-order valence-corrected chi connectivity index (χ0v) is 33.8. The molecule has 0 aliphatic carbocycles. The SMILES string of the molecule is CCCCc1cc(CCCC)c(OP(Oc2cc(C)c(CCCC)cc2CCCC)Oc2cc(C)c(CCCC)cc2CCCC)cc1C. The van der Waals surface area contributed by atoms with E-state index in [0.29, 0.717) is 0 Å². The summed E-state index contributed by atoms with van der Waals surface area (Å²) in [7, 11) is -1.78. The van der Waals surface area contributed by atoms with Crippen LogP contribution in [0.1, 0.15) is 169 Å². The van der Waals surface area contributed by atoms with Crippen LogP contribution in [0.15, 0.2) is 36.4 Å². The standard InChI is InChI=1S/C45H69O3P/c1-10-16-22-37-31-40(25-19-13-4)43(28-34(37)7)46-49(47-44-29-35(8)38(23-17-11-2)32-41(44)26-20-14-5)48-45-30-36(9)39(24-18-12-3)33-42(45)27-21-15-6/h28-33H,10-27H2,1-9H3. The average molecular weight is 689 g/mol. The predicted molar refractivity (Wildman–Crippen MR) is 214 cm³/mol. The van der Waals surface area contributed by atoms with Gasteiger partial charge in [0.15, 0.2) is 0 Å². The van der Waals surface area contributed by atoms with E-state index in [1.165, 1.54) is 88.6 Å². The lowest BCUT2D eigenvalue weighted by Gasteiger charge is -2.24. The van der Waals surface area contributed by atoms with Gasteiger partial charge in [0.25, 0.3) is 0 Å². The van der Waals surface area contributed by atoms with E-state index < -0.39 is 8.60 Å². The molecule has 0 aliphatic rings. The van der Waals surface area contributed by atoms with Crippen molar-refractivity contribution in [3.8, 4) is 17.2 Å². The fraction of sp³-hybridized carbons (Fsp3) is 0.600. The highest BCUT2D eigenvalue weighted by Crippen LogP contribution is 2.47. The van der Waals surface area contributed by atoms with Crippen LogP contribution in [0.3, 0.4) is 0 Å². The Morgan fingerprint density at radius 3 is 0.796 bits per heavy atom. The van der Waals surface area contributed by atoms with Gasteiger partial charge in [-0.3, -0.25) is 0 Å². The van der Waals surface area contributed by atoms with E-state index in [1.807, 2.05) is 0 Å². The quantitative estimate of drug-likeness (QED) is 0.0877. The molecule has 0 saturated carbocycles. The van der Waals surface area contributed by atoms with Crippen molar-refractivity contribution in [2.75, 3.05) is 0 Å². The molecule has 272 valence electrons. The Kier molecular flexibility index (Phi) is 18.7. The molecule has 3 rings (SSSR count). The van der Waals surface area contributed by atoms with Crippen LogP contribution in [0.25, 0.3) is 0 Å². The number of benzene rings is 3. The maximum atomic E-state index is 7.00. The summed E-state index contributed by atoms with van der Waals surface area (Å²) < 4.78 is 21.0.